The molecule has 112 valence electrons. The van der Waals surface area contributed by atoms with E-state index in [1.54, 1.807) is 39.3 Å². The third-order valence-electron chi connectivity index (χ3n) is 2.89. The number of hydrogen-bond acceptors (Lipinski definition) is 4. The quantitative estimate of drug-likeness (QED) is 0.792. The first-order chi connectivity index (χ1) is 9.39. The fourth-order valence-electron chi connectivity index (χ4n) is 1.59. The van der Waals surface area contributed by atoms with Gasteiger partial charge in [-0.15, -0.1) is 0 Å². The maximum absolute atomic E-state index is 12.0. The molecule has 1 amide bonds. The maximum Gasteiger partial charge on any atom is 0.251 e. The lowest BCUT2D eigenvalue weighted by molar-refractivity contribution is 0.0243. The molecule has 0 aliphatic heterocycles. The second kappa shape index (κ2) is 7.61. The van der Waals surface area contributed by atoms with Crippen LogP contribution in [0.4, 0.5) is 0 Å². The molecule has 0 heterocycles. The highest BCUT2D eigenvalue weighted by molar-refractivity contribution is 9.10. The van der Waals surface area contributed by atoms with Gasteiger partial charge in [0.25, 0.3) is 5.91 Å². The highest BCUT2D eigenvalue weighted by atomic mass is 79.9. The molecule has 1 atom stereocenters. The van der Waals surface area contributed by atoms with E-state index >= 15 is 0 Å². The number of ether oxygens (including phenoxy) is 2. The lowest BCUT2D eigenvalue weighted by Gasteiger charge is -2.23. The van der Waals surface area contributed by atoms with Crippen molar-refractivity contribution < 1.29 is 19.4 Å². The summed E-state index contributed by atoms with van der Waals surface area (Å²) in [5.41, 5.74) is -0.491. The Morgan fingerprint density at radius 2 is 2.15 bits per heavy atom. The number of nitrogens with one attached hydrogen (secondary N) is 1. The third kappa shape index (κ3) is 5.11. The van der Waals surface area contributed by atoms with Crippen LogP contribution in [-0.2, 0) is 4.74 Å². The molecule has 0 aliphatic carbocycles. The number of rotatable bonds is 7. The fourth-order valence-corrected chi connectivity index (χ4v) is 2.13. The Kier molecular flexibility index (Phi) is 6.45. The molecule has 6 heteroatoms. The Bertz CT molecular complexity index is 462. The first-order valence-corrected chi connectivity index (χ1v) is 7.02. The summed E-state index contributed by atoms with van der Waals surface area (Å²) in [4.78, 5) is 12.0. The Hall–Kier alpha value is -1.11. The average molecular weight is 346 g/mol. The van der Waals surface area contributed by atoms with E-state index in [0.717, 1.165) is 0 Å². The number of halogens is 1. The minimum Gasteiger partial charge on any atom is -0.496 e. The number of benzene rings is 1. The van der Waals surface area contributed by atoms with Crippen molar-refractivity contribution in [1.82, 2.24) is 5.32 Å². The number of amides is 1. The third-order valence-corrected chi connectivity index (χ3v) is 3.51. The van der Waals surface area contributed by atoms with E-state index in [1.165, 1.54) is 0 Å². The standard InChI is InChI=1S/C14H20BrNO4/c1-14(18,6-7-19-2)9-16-13(17)10-4-5-12(20-3)11(15)8-10/h4-5,8,18H,6-7,9H2,1-3H3,(H,16,17). The van der Waals surface area contributed by atoms with Crippen molar-refractivity contribution >= 4 is 21.8 Å². The lowest BCUT2D eigenvalue weighted by Crippen LogP contribution is -2.41. The van der Waals surface area contributed by atoms with E-state index in [0.29, 0.717) is 28.8 Å². The Labute approximate surface area is 127 Å². The van der Waals surface area contributed by atoms with Gasteiger partial charge in [-0.25, -0.2) is 0 Å². The molecular weight excluding hydrogens is 326 g/mol. The molecule has 0 aliphatic rings. The number of aliphatic hydroxyl groups is 1. The predicted octanol–water partition coefficient (Wildman–Crippen LogP) is 1.97. The van der Waals surface area contributed by atoms with Crippen LogP contribution in [0.1, 0.15) is 23.7 Å². The van der Waals surface area contributed by atoms with Crippen molar-refractivity contribution in [2.24, 2.45) is 0 Å². The molecule has 0 saturated carbocycles. The van der Waals surface area contributed by atoms with Gasteiger partial charge in [0.15, 0.2) is 0 Å². The Balaban J connectivity index is 2.61. The minimum absolute atomic E-state index is 0.166. The number of carbonyl (C=O) groups excluding carboxylic acids is 1. The highest BCUT2D eigenvalue weighted by Gasteiger charge is 2.21. The maximum atomic E-state index is 12.0. The van der Waals surface area contributed by atoms with Crippen LogP contribution < -0.4 is 10.1 Å². The van der Waals surface area contributed by atoms with Crippen LogP contribution in [0.15, 0.2) is 22.7 Å². The Morgan fingerprint density at radius 1 is 1.45 bits per heavy atom. The monoisotopic (exact) mass is 345 g/mol. The van der Waals surface area contributed by atoms with Gasteiger partial charge in [-0.05, 0) is 41.1 Å². The van der Waals surface area contributed by atoms with E-state index in [2.05, 4.69) is 21.2 Å². The van der Waals surface area contributed by atoms with Crippen molar-refractivity contribution in [1.29, 1.82) is 0 Å². The van der Waals surface area contributed by atoms with E-state index in [4.69, 9.17) is 9.47 Å². The second-order valence-electron chi connectivity index (χ2n) is 4.77. The first-order valence-electron chi connectivity index (χ1n) is 6.22. The van der Waals surface area contributed by atoms with E-state index in [1.807, 2.05) is 0 Å². The molecule has 0 spiro atoms. The summed E-state index contributed by atoms with van der Waals surface area (Å²) >= 11 is 3.33. The van der Waals surface area contributed by atoms with E-state index in [9.17, 15) is 9.90 Å². The van der Waals surface area contributed by atoms with Gasteiger partial charge in [-0.3, -0.25) is 4.79 Å². The number of methoxy groups -OCH3 is 2. The van der Waals surface area contributed by atoms with Gasteiger partial charge in [0, 0.05) is 32.2 Å². The molecule has 0 saturated heterocycles. The topological polar surface area (TPSA) is 67.8 Å². The molecule has 1 aromatic carbocycles. The van der Waals surface area contributed by atoms with Gasteiger partial charge in [0.2, 0.25) is 0 Å². The van der Waals surface area contributed by atoms with Crippen molar-refractivity contribution in [2.75, 3.05) is 27.4 Å². The molecule has 0 aromatic heterocycles. The zero-order chi connectivity index (χ0) is 15.2. The van der Waals surface area contributed by atoms with Crippen molar-refractivity contribution in [2.45, 2.75) is 18.9 Å². The van der Waals surface area contributed by atoms with E-state index < -0.39 is 5.60 Å². The summed E-state index contributed by atoms with van der Waals surface area (Å²) in [6.45, 7) is 2.27. The van der Waals surface area contributed by atoms with Gasteiger partial charge >= 0.3 is 0 Å². The molecule has 1 rings (SSSR count). The SMILES string of the molecule is COCCC(C)(O)CNC(=O)c1ccc(OC)c(Br)c1. The largest absolute Gasteiger partial charge is 0.496 e. The summed E-state index contributed by atoms with van der Waals surface area (Å²) in [5, 5.41) is 12.8. The zero-order valence-corrected chi connectivity index (χ0v) is 13.5. The summed E-state index contributed by atoms with van der Waals surface area (Å²) in [6.07, 6.45) is 0.454. The average Bonchev–Trinajstić information content (AvgIpc) is 2.42. The van der Waals surface area contributed by atoms with Crippen LogP contribution in [0.2, 0.25) is 0 Å². The second-order valence-corrected chi connectivity index (χ2v) is 5.63. The van der Waals surface area contributed by atoms with Crippen LogP contribution in [0.25, 0.3) is 0 Å². The van der Waals surface area contributed by atoms with Crippen LogP contribution >= 0.6 is 15.9 Å². The number of hydrogen-bond donors (Lipinski definition) is 2. The minimum atomic E-state index is -0.991. The van der Waals surface area contributed by atoms with Crippen molar-refractivity contribution in [3.63, 3.8) is 0 Å². The normalized spacial score (nSPS) is 13.7. The van der Waals surface area contributed by atoms with Gasteiger partial charge in [-0.1, -0.05) is 0 Å². The van der Waals surface area contributed by atoms with Crippen molar-refractivity contribution in [3.05, 3.63) is 28.2 Å². The molecule has 5 nitrogen and oxygen atoms in total. The van der Waals surface area contributed by atoms with Crippen LogP contribution in [0.3, 0.4) is 0 Å². The molecule has 0 fully saturated rings. The first kappa shape index (κ1) is 16.9. The smallest absolute Gasteiger partial charge is 0.251 e. The van der Waals surface area contributed by atoms with Gasteiger partial charge < -0.3 is 19.9 Å². The zero-order valence-electron chi connectivity index (χ0n) is 11.9. The van der Waals surface area contributed by atoms with Gasteiger partial charge in [0.1, 0.15) is 5.75 Å². The summed E-state index contributed by atoms with van der Waals surface area (Å²) in [6, 6.07) is 5.06. The lowest BCUT2D eigenvalue weighted by atomic mass is 10.0. The Morgan fingerprint density at radius 3 is 2.70 bits per heavy atom. The molecule has 2 N–H and O–H groups in total. The van der Waals surface area contributed by atoms with E-state index in [-0.39, 0.29) is 12.5 Å². The van der Waals surface area contributed by atoms with Crippen LogP contribution in [0.5, 0.6) is 5.75 Å². The summed E-state index contributed by atoms with van der Waals surface area (Å²) < 4.78 is 10.7. The van der Waals surface area contributed by atoms with Crippen molar-refractivity contribution in [3.8, 4) is 5.75 Å². The molecular formula is C14H20BrNO4. The molecule has 0 bridgehead atoms. The summed E-state index contributed by atoms with van der Waals surface area (Å²) in [7, 11) is 3.14. The van der Waals surface area contributed by atoms with Crippen LogP contribution in [0, 0.1) is 0 Å². The molecule has 0 radical (unpaired) electrons. The van der Waals surface area contributed by atoms with Gasteiger partial charge in [-0.2, -0.15) is 0 Å². The highest BCUT2D eigenvalue weighted by Crippen LogP contribution is 2.25. The van der Waals surface area contributed by atoms with Crippen LogP contribution in [-0.4, -0.2) is 44.0 Å². The molecule has 1 aromatic rings. The van der Waals surface area contributed by atoms with Gasteiger partial charge in [0.05, 0.1) is 17.2 Å². The number of carbonyl (C=O) groups is 1. The molecule has 20 heavy (non-hydrogen) atoms. The molecule has 1 unspecified atom stereocenters. The predicted molar refractivity (Wildman–Crippen MR) is 80.1 cm³/mol. The summed E-state index contributed by atoms with van der Waals surface area (Å²) in [5.74, 6) is 0.416. The fraction of sp³-hybridized carbons (Fsp3) is 0.500.